The van der Waals surface area contributed by atoms with Crippen molar-refractivity contribution in [2.75, 3.05) is 20.3 Å². The maximum Gasteiger partial charge on any atom is 0.326 e. The molecule has 294 valence electrons. The van der Waals surface area contributed by atoms with E-state index in [9.17, 15) is 24.3 Å². The number of amides is 3. The van der Waals surface area contributed by atoms with Gasteiger partial charge in [-0.2, -0.15) is 0 Å². The number of ether oxygens (including phenoxy) is 3. The van der Waals surface area contributed by atoms with E-state index >= 15 is 0 Å². The molecule has 12 heteroatoms. The first-order valence-corrected chi connectivity index (χ1v) is 19.8. The second-order valence-electron chi connectivity index (χ2n) is 15.1. The van der Waals surface area contributed by atoms with E-state index in [1.54, 1.807) is 13.2 Å². The lowest BCUT2D eigenvalue weighted by atomic mass is 9.86. The van der Waals surface area contributed by atoms with Gasteiger partial charge in [0, 0.05) is 42.3 Å². The zero-order valence-electron chi connectivity index (χ0n) is 31.8. The first kappa shape index (κ1) is 38.6. The second kappa shape index (κ2) is 17.9. The van der Waals surface area contributed by atoms with Crippen LogP contribution in [0.15, 0.2) is 78.9 Å². The Bertz CT molecular complexity index is 2030. The van der Waals surface area contributed by atoms with E-state index in [4.69, 9.17) is 19.2 Å². The van der Waals surface area contributed by atoms with Crippen LogP contribution < -0.4 is 24.8 Å². The SMILES string of the molecule is COc1ccc2c(O[C@@H]3C[C@H]4C(=O)N[C@@H](C(=O)O)CCCOc5cccc(c5)C[C@@H](NC(=O)CCC5CCCCC5)C(=O)N4C3)cc(-c3ccccc3)nc2c1. The summed E-state index contributed by atoms with van der Waals surface area (Å²) in [6, 6.07) is 21.2. The van der Waals surface area contributed by atoms with Gasteiger partial charge in [0.1, 0.15) is 41.5 Å². The predicted octanol–water partition coefficient (Wildman–Crippen LogP) is 6.09. The van der Waals surface area contributed by atoms with Crippen LogP contribution >= 0.6 is 0 Å². The number of carbonyl (C=O) groups excluding carboxylic acids is 3. The van der Waals surface area contributed by atoms with Gasteiger partial charge in [0.25, 0.3) is 0 Å². The molecule has 0 spiro atoms. The van der Waals surface area contributed by atoms with Crippen LogP contribution in [-0.4, -0.2) is 83.2 Å². The number of hydrogen-bond acceptors (Lipinski definition) is 8. The van der Waals surface area contributed by atoms with E-state index in [0.29, 0.717) is 47.2 Å². The summed E-state index contributed by atoms with van der Waals surface area (Å²) < 4.78 is 18.1. The molecule has 1 saturated carbocycles. The lowest BCUT2D eigenvalue weighted by Gasteiger charge is -2.29. The summed E-state index contributed by atoms with van der Waals surface area (Å²) in [4.78, 5) is 61.1. The molecule has 0 unspecified atom stereocenters. The molecule has 2 aliphatic heterocycles. The number of carboxylic acids is 1. The van der Waals surface area contributed by atoms with Gasteiger partial charge in [-0.3, -0.25) is 14.4 Å². The summed E-state index contributed by atoms with van der Waals surface area (Å²) in [5.74, 6) is -0.209. The van der Waals surface area contributed by atoms with Crippen molar-refractivity contribution in [1.82, 2.24) is 20.5 Å². The number of carbonyl (C=O) groups is 4. The average Bonchev–Trinajstić information content (AvgIpc) is 3.64. The van der Waals surface area contributed by atoms with E-state index in [0.717, 1.165) is 35.8 Å². The van der Waals surface area contributed by atoms with Crippen LogP contribution in [0.25, 0.3) is 22.2 Å². The molecule has 1 aromatic heterocycles. The van der Waals surface area contributed by atoms with Crippen LogP contribution in [0.3, 0.4) is 0 Å². The zero-order valence-corrected chi connectivity index (χ0v) is 31.8. The summed E-state index contributed by atoms with van der Waals surface area (Å²) >= 11 is 0. The van der Waals surface area contributed by atoms with Crippen molar-refractivity contribution >= 4 is 34.6 Å². The van der Waals surface area contributed by atoms with Gasteiger partial charge in [-0.05, 0) is 55.0 Å². The number of nitrogens with zero attached hydrogens (tertiary/aromatic N) is 2. The van der Waals surface area contributed by atoms with Crippen molar-refractivity contribution in [3.63, 3.8) is 0 Å². The third-order valence-corrected chi connectivity index (χ3v) is 11.2. The van der Waals surface area contributed by atoms with E-state index < -0.39 is 42.0 Å². The number of pyridine rings is 1. The van der Waals surface area contributed by atoms with E-state index in [2.05, 4.69) is 10.6 Å². The Labute approximate surface area is 326 Å². The molecule has 2 bridgehead atoms. The van der Waals surface area contributed by atoms with Crippen molar-refractivity contribution in [3.8, 4) is 28.5 Å². The number of methoxy groups -OCH3 is 1. The number of fused-ring (bicyclic) bond motifs is 4. The molecular weight excluding hydrogens is 713 g/mol. The number of nitrogens with one attached hydrogen (secondary N) is 2. The Morgan fingerprint density at radius 1 is 0.964 bits per heavy atom. The second-order valence-corrected chi connectivity index (χ2v) is 15.1. The van der Waals surface area contributed by atoms with Gasteiger partial charge in [-0.15, -0.1) is 0 Å². The fraction of sp³-hybridized carbons (Fsp3) is 0.432. The van der Waals surface area contributed by atoms with Crippen molar-refractivity contribution in [3.05, 3.63) is 84.4 Å². The van der Waals surface area contributed by atoms with Crippen LogP contribution in [0, 0.1) is 5.92 Å². The summed E-state index contributed by atoms with van der Waals surface area (Å²) in [5.41, 5.74) is 2.99. The third-order valence-electron chi connectivity index (χ3n) is 11.2. The molecule has 4 atom stereocenters. The van der Waals surface area contributed by atoms with Crippen molar-refractivity contribution in [2.45, 2.75) is 94.9 Å². The molecule has 2 fully saturated rings. The van der Waals surface area contributed by atoms with Crippen LogP contribution in [0.2, 0.25) is 0 Å². The van der Waals surface area contributed by atoms with Gasteiger partial charge < -0.3 is 34.9 Å². The average molecular weight is 763 g/mol. The zero-order chi connectivity index (χ0) is 39.0. The van der Waals surface area contributed by atoms with Crippen LogP contribution in [-0.2, 0) is 25.6 Å². The lowest BCUT2D eigenvalue weighted by Crippen LogP contribution is -2.56. The van der Waals surface area contributed by atoms with Crippen molar-refractivity contribution < 1.29 is 38.5 Å². The molecule has 4 aromatic rings. The van der Waals surface area contributed by atoms with Gasteiger partial charge >= 0.3 is 5.97 Å². The minimum atomic E-state index is -1.19. The number of carboxylic acid groups (broad SMARTS) is 1. The Hall–Kier alpha value is -5.65. The van der Waals surface area contributed by atoms with Crippen molar-refractivity contribution in [1.29, 1.82) is 0 Å². The first-order chi connectivity index (χ1) is 27.2. The molecule has 3 aromatic carbocycles. The predicted molar refractivity (Wildman–Crippen MR) is 210 cm³/mol. The first-order valence-electron chi connectivity index (χ1n) is 19.8. The van der Waals surface area contributed by atoms with Gasteiger partial charge in [-0.1, -0.05) is 74.6 Å². The normalized spacial score (nSPS) is 22.2. The number of aromatic nitrogens is 1. The molecule has 0 radical (unpaired) electrons. The Morgan fingerprint density at radius 3 is 2.57 bits per heavy atom. The lowest BCUT2D eigenvalue weighted by molar-refractivity contribution is -0.145. The highest BCUT2D eigenvalue weighted by Crippen LogP contribution is 2.35. The number of aliphatic carboxylic acids is 1. The van der Waals surface area contributed by atoms with Crippen LogP contribution in [0.5, 0.6) is 17.2 Å². The summed E-state index contributed by atoms with van der Waals surface area (Å²) in [5, 5.41) is 16.5. The molecule has 3 heterocycles. The minimum Gasteiger partial charge on any atom is -0.497 e. The van der Waals surface area contributed by atoms with Gasteiger partial charge in [0.15, 0.2) is 0 Å². The van der Waals surface area contributed by atoms with E-state index in [-0.39, 0.29) is 38.3 Å². The fourth-order valence-electron chi connectivity index (χ4n) is 8.19. The monoisotopic (exact) mass is 762 g/mol. The highest BCUT2D eigenvalue weighted by atomic mass is 16.5. The number of benzene rings is 3. The Balaban J connectivity index is 1.21. The Morgan fingerprint density at radius 2 is 1.79 bits per heavy atom. The van der Waals surface area contributed by atoms with Gasteiger partial charge in [-0.25, -0.2) is 9.78 Å². The smallest absolute Gasteiger partial charge is 0.326 e. The molecule has 7 rings (SSSR count). The maximum absolute atomic E-state index is 14.8. The summed E-state index contributed by atoms with van der Waals surface area (Å²) in [6.07, 6.45) is 7.00. The van der Waals surface area contributed by atoms with Crippen LogP contribution in [0.1, 0.15) is 69.8 Å². The van der Waals surface area contributed by atoms with E-state index in [1.165, 1.54) is 24.2 Å². The minimum absolute atomic E-state index is 0.0346. The molecule has 1 saturated heterocycles. The largest absolute Gasteiger partial charge is 0.497 e. The van der Waals surface area contributed by atoms with Crippen molar-refractivity contribution in [2.24, 2.45) is 5.92 Å². The highest BCUT2D eigenvalue weighted by molar-refractivity contribution is 5.94. The quantitative estimate of drug-likeness (QED) is 0.184. The molecule has 3 amide bonds. The fourth-order valence-corrected chi connectivity index (χ4v) is 8.19. The number of hydrogen-bond donors (Lipinski definition) is 3. The molecule has 56 heavy (non-hydrogen) atoms. The Kier molecular flexibility index (Phi) is 12.3. The topological polar surface area (TPSA) is 156 Å². The number of rotatable bonds is 9. The third kappa shape index (κ3) is 9.41. The molecular formula is C44H50N4O8. The summed E-state index contributed by atoms with van der Waals surface area (Å²) in [7, 11) is 1.59. The van der Waals surface area contributed by atoms with E-state index in [1.807, 2.05) is 72.8 Å². The van der Waals surface area contributed by atoms with Crippen LogP contribution in [0.4, 0.5) is 0 Å². The molecule has 3 N–H and O–H groups in total. The highest BCUT2D eigenvalue weighted by Gasteiger charge is 2.44. The maximum atomic E-state index is 14.8. The standard InChI is InChI=1S/C44H50N4O8/c1-54-31-18-19-34-37(24-31)45-36(30-13-6-3-7-14-30)26-40(34)56-33-25-39-42(50)47-35(44(52)53)16-9-21-55-32-15-8-12-29(22-32)23-38(43(51)48(39)27-33)46-41(49)20-17-28-10-4-2-5-11-28/h3,6-8,12-15,18-19,22,24,26,28,33,35,38-39H,2,4-5,9-11,16-17,20-21,23,25,27H2,1H3,(H,46,49)(H,47,50)(H,52,53)/t33-,35-,38-,39+/m1/s1. The van der Waals surface area contributed by atoms with Gasteiger partial charge in [0.05, 0.1) is 31.5 Å². The summed E-state index contributed by atoms with van der Waals surface area (Å²) in [6.45, 7) is 0.276. The molecule has 12 nitrogen and oxygen atoms in total. The molecule has 3 aliphatic rings. The molecule has 1 aliphatic carbocycles. The van der Waals surface area contributed by atoms with Gasteiger partial charge in [0.2, 0.25) is 17.7 Å².